The normalized spacial score (nSPS) is 13.4. The van der Waals surface area contributed by atoms with Crippen LogP contribution in [-0.2, 0) is 0 Å². The van der Waals surface area contributed by atoms with E-state index in [4.69, 9.17) is 11.5 Å². The summed E-state index contributed by atoms with van der Waals surface area (Å²) in [4.78, 5) is 1.11. The van der Waals surface area contributed by atoms with Gasteiger partial charge >= 0.3 is 0 Å². The highest BCUT2D eigenvalue weighted by molar-refractivity contribution is 7.10. The van der Waals surface area contributed by atoms with Crippen LogP contribution in [0.4, 0.5) is 5.69 Å². The van der Waals surface area contributed by atoms with Gasteiger partial charge in [-0.15, -0.1) is 11.3 Å². The van der Waals surface area contributed by atoms with Crippen molar-refractivity contribution in [3.8, 4) is 0 Å². The number of anilines is 1. The minimum Gasteiger partial charge on any atom is -0.398 e. The van der Waals surface area contributed by atoms with Crippen molar-refractivity contribution in [3.05, 3.63) is 16.3 Å². The van der Waals surface area contributed by atoms with Crippen LogP contribution < -0.4 is 11.5 Å². The first-order valence-electron chi connectivity index (χ1n) is 3.34. The lowest BCUT2D eigenvalue weighted by Crippen LogP contribution is -2.08. The monoisotopic (exact) mass is 156 g/mol. The topological polar surface area (TPSA) is 52.0 Å². The van der Waals surface area contributed by atoms with Gasteiger partial charge in [0.1, 0.15) is 0 Å². The summed E-state index contributed by atoms with van der Waals surface area (Å²) in [5.74, 6) is 0. The van der Waals surface area contributed by atoms with Crippen molar-refractivity contribution >= 4 is 17.0 Å². The van der Waals surface area contributed by atoms with Crippen LogP contribution in [0, 0.1) is 0 Å². The van der Waals surface area contributed by atoms with Crippen molar-refractivity contribution < 1.29 is 0 Å². The highest BCUT2D eigenvalue weighted by atomic mass is 32.1. The molecule has 56 valence electrons. The van der Waals surface area contributed by atoms with Crippen LogP contribution in [0.3, 0.4) is 0 Å². The van der Waals surface area contributed by atoms with Crippen LogP contribution in [0.5, 0.6) is 0 Å². The molecule has 4 N–H and O–H groups in total. The van der Waals surface area contributed by atoms with Gasteiger partial charge in [0, 0.05) is 16.6 Å². The first-order valence-corrected chi connectivity index (χ1v) is 4.22. The highest BCUT2D eigenvalue weighted by Gasteiger charge is 2.07. The van der Waals surface area contributed by atoms with Crippen LogP contribution in [0.2, 0.25) is 0 Å². The van der Waals surface area contributed by atoms with Crippen LogP contribution in [0.15, 0.2) is 11.4 Å². The smallest absolute Gasteiger partial charge is 0.0471 e. The lowest BCUT2D eigenvalue weighted by Gasteiger charge is -2.05. The van der Waals surface area contributed by atoms with Crippen molar-refractivity contribution in [1.29, 1.82) is 0 Å². The predicted molar refractivity (Wildman–Crippen MR) is 46.0 cm³/mol. The average Bonchev–Trinajstić information content (AvgIpc) is 2.34. The van der Waals surface area contributed by atoms with Crippen LogP contribution in [0.25, 0.3) is 0 Å². The molecule has 0 spiro atoms. The Labute approximate surface area is 64.8 Å². The summed E-state index contributed by atoms with van der Waals surface area (Å²) >= 11 is 1.63. The molecule has 0 amide bonds. The van der Waals surface area contributed by atoms with E-state index in [0.29, 0.717) is 0 Å². The van der Waals surface area contributed by atoms with E-state index in [1.807, 2.05) is 11.4 Å². The fourth-order valence-corrected chi connectivity index (χ4v) is 1.72. The summed E-state index contributed by atoms with van der Waals surface area (Å²) in [6, 6.07) is 2.02. The molecule has 0 aromatic carbocycles. The quantitative estimate of drug-likeness (QED) is 0.685. The SMILES string of the molecule is CCC(N)c1sccc1N. The first-order chi connectivity index (χ1) is 4.75. The van der Waals surface area contributed by atoms with Gasteiger partial charge in [-0.1, -0.05) is 6.92 Å². The van der Waals surface area contributed by atoms with Gasteiger partial charge in [0.2, 0.25) is 0 Å². The molecule has 1 unspecified atom stereocenters. The van der Waals surface area contributed by atoms with Gasteiger partial charge in [0.15, 0.2) is 0 Å². The fourth-order valence-electron chi connectivity index (χ4n) is 0.818. The number of nitrogens with two attached hydrogens (primary N) is 2. The summed E-state index contributed by atoms with van der Waals surface area (Å²) in [5.41, 5.74) is 12.3. The minimum atomic E-state index is 0.125. The summed E-state index contributed by atoms with van der Waals surface area (Å²) < 4.78 is 0. The molecule has 3 heteroatoms. The van der Waals surface area contributed by atoms with E-state index in [0.717, 1.165) is 17.0 Å². The maximum absolute atomic E-state index is 5.77. The molecule has 1 aromatic heterocycles. The van der Waals surface area contributed by atoms with E-state index in [2.05, 4.69) is 6.92 Å². The molecule has 0 bridgehead atoms. The summed E-state index contributed by atoms with van der Waals surface area (Å²) in [7, 11) is 0. The van der Waals surface area contributed by atoms with Crippen molar-refractivity contribution in [3.63, 3.8) is 0 Å². The molecule has 0 aliphatic carbocycles. The Balaban J connectivity index is 2.82. The number of nitrogen functional groups attached to an aromatic ring is 1. The largest absolute Gasteiger partial charge is 0.398 e. The maximum atomic E-state index is 5.77. The molecule has 1 rings (SSSR count). The van der Waals surface area contributed by atoms with E-state index in [9.17, 15) is 0 Å². The van der Waals surface area contributed by atoms with Crippen molar-refractivity contribution in [1.82, 2.24) is 0 Å². The molecular weight excluding hydrogens is 144 g/mol. The molecule has 0 aliphatic rings. The zero-order valence-electron chi connectivity index (χ0n) is 6.00. The van der Waals surface area contributed by atoms with E-state index in [1.54, 1.807) is 11.3 Å². The molecule has 0 radical (unpaired) electrons. The summed E-state index contributed by atoms with van der Waals surface area (Å²) in [6.45, 7) is 2.06. The number of rotatable bonds is 2. The Morgan fingerprint density at radius 2 is 2.40 bits per heavy atom. The van der Waals surface area contributed by atoms with E-state index < -0.39 is 0 Å². The molecule has 1 heterocycles. The van der Waals surface area contributed by atoms with Gasteiger partial charge in [0.25, 0.3) is 0 Å². The second kappa shape index (κ2) is 3.03. The maximum Gasteiger partial charge on any atom is 0.0471 e. The molecule has 2 nitrogen and oxygen atoms in total. The lowest BCUT2D eigenvalue weighted by atomic mass is 10.2. The van der Waals surface area contributed by atoms with Crippen LogP contribution in [0.1, 0.15) is 24.3 Å². The third-order valence-electron chi connectivity index (χ3n) is 1.50. The van der Waals surface area contributed by atoms with Gasteiger partial charge in [-0.2, -0.15) is 0 Å². The second-order valence-corrected chi connectivity index (χ2v) is 3.20. The zero-order valence-corrected chi connectivity index (χ0v) is 6.82. The Bertz CT molecular complexity index is 207. The first kappa shape index (κ1) is 7.57. The highest BCUT2D eigenvalue weighted by Crippen LogP contribution is 2.26. The molecular formula is C7H12N2S. The number of hydrogen-bond donors (Lipinski definition) is 2. The Morgan fingerprint density at radius 1 is 1.70 bits per heavy atom. The third kappa shape index (κ3) is 1.30. The minimum absolute atomic E-state index is 0.125. The molecule has 1 aromatic rings. The zero-order chi connectivity index (χ0) is 7.56. The van der Waals surface area contributed by atoms with E-state index in [1.165, 1.54) is 0 Å². The fraction of sp³-hybridized carbons (Fsp3) is 0.429. The van der Waals surface area contributed by atoms with Crippen molar-refractivity contribution in [2.75, 3.05) is 5.73 Å². The van der Waals surface area contributed by atoms with Crippen LogP contribution in [-0.4, -0.2) is 0 Å². The van der Waals surface area contributed by atoms with Gasteiger partial charge in [-0.05, 0) is 17.9 Å². The molecule has 0 saturated carbocycles. The average molecular weight is 156 g/mol. The van der Waals surface area contributed by atoms with Gasteiger partial charge < -0.3 is 11.5 Å². The Hall–Kier alpha value is -0.540. The summed E-state index contributed by atoms with van der Waals surface area (Å²) in [6.07, 6.45) is 0.949. The molecule has 0 saturated heterocycles. The van der Waals surface area contributed by atoms with Gasteiger partial charge in [0.05, 0.1) is 0 Å². The molecule has 10 heavy (non-hydrogen) atoms. The third-order valence-corrected chi connectivity index (χ3v) is 2.57. The summed E-state index contributed by atoms with van der Waals surface area (Å²) in [5, 5.41) is 1.97. The molecule has 1 atom stereocenters. The van der Waals surface area contributed by atoms with Gasteiger partial charge in [-0.25, -0.2) is 0 Å². The van der Waals surface area contributed by atoms with Crippen LogP contribution >= 0.6 is 11.3 Å². The number of thiophene rings is 1. The van der Waals surface area contributed by atoms with Gasteiger partial charge in [-0.3, -0.25) is 0 Å². The number of hydrogen-bond acceptors (Lipinski definition) is 3. The Morgan fingerprint density at radius 3 is 2.80 bits per heavy atom. The lowest BCUT2D eigenvalue weighted by molar-refractivity contribution is 0.714. The standard InChI is InChI=1S/C7H12N2S/c1-2-5(8)7-6(9)3-4-10-7/h3-5H,2,8-9H2,1H3. The molecule has 0 fully saturated rings. The Kier molecular flexibility index (Phi) is 2.29. The predicted octanol–water partition coefficient (Wildman–Crippen LogP) is 1.74. The van der Waals surface area contributed by atoms with Crippen molar-refractivity contribution in [2.45, 2.75) is 19.4 Å². The second-order valence-electron chi connectivity index (χ2n) is 2.25. The van der Waals surface area contributed by atoms with Crippen molar-refractivity contribution in [2.24, 2.45) is 5.73 Å². The van der Waals surface area contributed by atoms with E-state index in [-0.39, 0.29) is 6.04 Å². The molecule has 0 aliphatic heterocycles. The van der Waals surface area contributed by atoms with E-state index >= 15 is 0 Å².